The molecule has 1 aliphatic heterocycles. The second-order valence-electron chi connectivity index (χ2n) is 7.33. The first-order valence-corrected chi connectivity index (χ1v) is 10.2. The van der Waals surface area contributed by atoms with Crippen LogP contribution >= 0.6 is 11.6 Å². The second-order valence-corrected chi connectivity index (χ2v) is 7.77. The minimum atomic E-state index is -0.824. The van der Waals surface area contributed by atoms with E-state index in [1.54, 1.807) is 12.1 Å². The van der Waals surface area contributed by atoms with Crippen LogP contribution < -0.4 is 15.4 Å². The maximum Gasteiger partial charge on any atom is 0.325 e. The van der Waals surface area contributed by atoms with Crippen LogP contribution in [0.5, 0.6) is 5.75 Å². The van der Waals surface area contributed by atoms with Crippen LogP contribution in [0.2, 0.25) is 5.02 Å². The van der Waals surface area contributed by atoms with Crippen LogP contribution in [0.15, 0.2) is 18.2 Å². The number of urea groups is 1. The second kappa shape index (κ2) is 9.34. The van der Waals surface area contributed by atoms with Crippen LogP contribution in [0, 0.1) is 0 Å². The predicted octanol–water partition coefficient (Wildman–Crippen LogP) is 2.48. The normalized spacial score (nSPS) is 17.6. The average Bonchev–Trinajstić information content (AvgIpc) is 2.94. The van der Waals surface area contributed by atoms with Crippen molar-refractivity contribution in [1.82, 2.24) is 10.2 Å². The van der Waals surface area contributed by atoms with E-state index in [1.807, 2.05) is 0 Å². The first-order valence-electron chi connectivity index (χ1n) is 9.78. The van der Waals surface area contributed by atoms with E-state index < -0.39 is 30.1 Å². The molecule has 3 rings (SSSR count). The fraction of sp³-hybridized carbons (Fsp3) is 0.500. The molecular weight excluding hydrogens is 414 g/mol. The van der Waals surface area contributed by atoms with Gasteiger partial charge in [-0.3, -0.25) is 19.3 Å². The highest BCUT2D eigenvalue weighted by Crippen LogP contribution is 2.33. The molecule has 0 radical (unpaired) electrons. The number of halogens is 1. The molecule has 0 unspecified atom stereocenters. The summed E-state index contributed by atoms with van der Waals surface area (Å²) in [6.45, 7) is -0.604. The Labute approximate surface area is 179 Å². The molecule has 2 N–H and O–H groups in total. The summed E-state index contributed by atoms with van der Waals surface area (Å²) in [7, 11) is 1.45. The first-order chi connectivity index (χ1) is 14.3. The van der Waals surface area contributed by atoms with Crippen LogP contribution in [0.3, 0.4) is 0 Å². The van der Waals surface area contributed by atoms with Crippen molar-refractivity contribution in [3.05, 3.63) is 23.2 Å². The molecule has 2 aliphatic rings. The Morgan fingerprint density at radius 2 is 1.97 bits per heavy atom. The minimum Gasteiger partial charge on any atom is -0.495 e. The zero-order valence-electron chi connectivity index (χ0n) is 16.7. The fourth-order valence-corrected chi connectivity index (χ4v) is 3.93. The Bertz CT molecular complexity index is 853. The number of esters is 1. The molecule has 2 fully saturated rings. The third kappa shape index (κ3) is 4.84. The number of nitrogens with one attached hydrogen (secondary N) is 2. The smallest absolute Gasteiger partial charge is 0.325 e. The zero-order chi connectivity index (χ0) is 21.7. The Morgan fingerprint density at radius 1 is 1.23 bits per heavy atom. The summed E-state index contributed by atoms with van der Waals surface area (Å²) in [5, 5.41) is 5.75. The molecule has 4 amide bonds. The lowest BCUT2D eigenvalue weighted by Gasteiger charge is -2.30. The fourth-order valence-electron chi connectivity index (χ4n) is 3.76. The van der Waals surface area contributed by atoms with Crippen molar-refractivity contribution in [3.8, 4) is 5.75 Å². The number of amides is 4. The van der Waals surface area contributed by atoms with E-state index in [1.165, 1.54) is 13.2 Å². The molecule has 0 atom stereocenters. The number of imide groups is 1. The van der Waals surface area contributed by atoms with Gasteiger partial charge in [-0.2, -0.15) is 0 Å². The molecule has 9 nitrogen and oxygen atoms in total. The molecule has 162 valence electrons. The van der Waals surface area contributed by atoms with Gasteiger partial charge in [0.2, 0.25) is 0 Å². The number of ether oxygens (including phenoxy) is 2. The summed E-state index contributed by atoms with van der Waals surface area (Å²) in [5.74, 6) is -1.13. The van der Waals surface area contributed by atoms with Gasteiger partial charge in [-0.15, -0.1) is 0 Å². The molecule has 0 aromatic heterocycles. The van der Waals surface area contributed by atoms with Gasteiger partial charge in [0.15, 0.2) is 6.61 Å². The standard InChI is InChI=1S/C20H24ClN3O6/c1-29-15-6-5-13(21)11-14(15)22-16(25)12-30-17(26)7-10-24-18(27)20(23-19(24)28)8-3-2-4-9-20/h5-6,11H,2-4,7-10,12H2,1H3,(H,22,25)(H,23,28). The highest BCUT2D eigenvalue weighted by Gasteiger charge is 2.51. The number of benzene rings is 1. The van der Waals surface area contributed by atoms with E-state index in [0.29, 0.717) is 29.3 Å². The molecule has 10 heteroatoms. The minimum absolute atomic E-state index is 0.0883. The predicted molar refractivity (Wildman–Crippen MR) is 108 cm³/mol. The Kier molecular flexibility index (Phi) is 6.81. The van der Waals surface area contributed by atoms with Gasteiger partial charge in [-0.05, 0) is 31.0 Å². The zero-order valence-corrected chi connectivity index (χ0v) is 17.4. The largest absolute Gasteiger partial charge is 0.495 e. The van der Waals surface area contributed by atoms with Crippen molar-refractivity contribution >= 4 is 41.1 Å². The van der Waals surface area contributed by atoms with E-state index in [2.05, 4.69) is 10.6 Å². The molecule has 1 aliphatic carbocycles. The van der Waals surface area contributed by atoms with Gasteiger partial charge in [-0.25, -0.2) is 4.79 Å². The number of carbonyl (C=O) groups is 4. The Balaban J connectivity index is 1.46. The van der Waals surface area contributed by atoms with E-state index in [-0.39, 0.29) is 18.9 Å². The van der Waals surface area contributed by atoms with E-state index in [9.17, 15) is 19.2 Å². The van der Waals surface area contributed by atoms with Crippen molar-refractivity contribution in [1.29, 1.82) is 0 Å². The van der Waals surface area contributed by atoms with E-state index >= 15 is 0 Å². The quantitative estimate of drug-likeness (QED) is 0.500. The topological polar surface area (TPSA) is 114 Å². The summed E-state index contributed by atoms with van der Waals surface area (Å²) < 4.78 is 10.1. The number of methoxy groups -OCH3 is 1. The number of hydrogen-bond donors (Lipinski definition) is 2. The average molecular weight is 438 g/mol. The van der Waals surface area contributed by atoms with Crippen LogP contribution in [-0.2, 0) is 19.1 Å². The number of rotatable bonds is 7. The maximum absolute atomic E-state index is 12.7. The molecule has 1 heterocycles. The molecule has 1 saturated carbocycles. The van der Waals surface area contributed by atoms with Crippen molar-refractivity contribution in [2.24, 2.45) is 0 Å². The molecule has 1 aromatic rings. The number of hydrogen-bond acceptors (Lipinski definition) is 6. The van der Waals surface area contributed by atoms with Gasteiger partial charge >= 0.3 is 12.0 Å². The SMILES string of the molecule is COc1ccc(Cl)cc1NC(=O)COC(=O)CCN1C(=O)NC2(CCCCC2)C1=O. The molecule has 1 saturated heterocycles. The molecule has 30 heavy (non-hydrogen) atoms. The highest BCUT2D eigenvalue weighted by molar-refractivity contribution is 6.31. The van der Waals surface area contributed by atoms with Gasteiger partial charge in [-0.1, -0.05) is 30.9 Å². The first kappa shape index (κ1) is 21.9. The van der Waals surface area contributed by atoms with Crippen LogP contribution in [0.4, 0.5) is 10.5 Å². The van der Waals surface area contributed by atoms with Gasteiger partial charge < -0.3 is 20.1 Å². The van der Waals surface area contributed by atoms with Crippen molar-refractivity contribution in [2.45, 2.75) is 44.1 Å². The third-order valence-corrected chi connectivity index (χ3v) is 5.53. The van der Waals surface area contributed by atoms with Crippen molar-refractivity contribution in [2.75, 3.05) is 25.6 Å². The third-order valence-electron chi connectivity index (χ3n) is 5.29. The Morgan fingerprint density at radius 3 is 2.67 bits per heavy atom. The molecule has 1 aromatic carbocycles. The summed E-state index contributed by atoms with van der Waals surface area (Å²) in [4.78, 5) is 50.0. The summed E-state index contributed by atoms with van der Waals surface area (Å²) in [5.41, 5.74) is -0.474. The summed E-state index contributed by atoms with van der Waals surface area (Å²) >= 11 is 5.91. The lowest BCUT2D eigenvalue weighted by molar-refractivity contribution is -0.147. The molecular formula is C20H24ClN3O6. The lowest BCUT2D eigenvalue weighted by Crippen LogP contribution is -2.48. The van der Waals surface area contributed by atoms with Gasteiger partial charge in [0.25, 0.3) is 11.8 Å². The molecule has 1 spiro atoms. The maximum atomic E-state index is 12.7. The van der Waals surface area contributed by atoms with Gasteiger partial charge in [0, 0.05) is 11.6 Å². The van der Waals surface area contributed by atoms with Crippen LogP contribution in [0.1, 0.15) is 38.5 Å². The van der Waals surface area contributed by atoms with Crippen molar-refractivity contribution < 1.29 is 28.7 Å². The summed E-state index contributed by atoms with van der Waals surface area (Å²) in [6.07, 6.45) is 3.85. The molecule has 0 bridgehead atoms. The van der Waals surface area contributed by atoms with Gasteiger partial charge in [0.1, 0.15) is 11.3 Å². The highest BCUT2D eigenvalue weighted by atomic mass is 35.5. The lowest BCUT2D eigenvalue weighted by atomic mass is 9.82. The van der Waals surface area contributed by atoms with Crippen LogP contribution in [-0.4, -0.2) is 54.5 Å². The number of carbonyl (C=O) groups excluding carboxylic acids is 4. The van der Waals surface area contributed by atoms with E-state index in [4.69, 9.17) is 21.1 Å². The summed E-state index contributed by atoms with van der Waals surface area (Å²) in [6, 6.07) is 4.24. The van der Waals surface area contributed by atoms with Gasteiger partial charge in [0.05, 0.1) is 19.2 Å². The Hall–Kier alpha value is -2.81. The van der Waals surface area contributed by atoms with Crippen LogP contribution in [0.25, 0.3) is 0 Å². The van der Waals surface area contributed by atoms with Crippen molar-refractivity contribution in [3.63, 3.8) is 0 Å². The number of nitrogens with zero attached hydrogens (tertiary/aromatic N) is 1. The number of anilines is 1. The van der Waals surface area contributed by atoms with E-state index in [0.717, 1.165) is 24.2 Å². The monoisotopic (exact) mass is 437 g/mol.